The number of hydrogen-bond acceptors (Lipinski definition) is 4. The lowest BCUT2D eigenvalue weighted by molar-refractivity contribution is 0.672. The molecule has 0 amide bonds. The summed E-state index contributed by atoms with van der Waals surface area (Å²) in [7, 11) is 0. The molecule has 232 valence electrons. The monoisotopic (exact) mass is 638 g/mol. The first-order valence-corrected chi connectivity index (χ1v) is 16.8. The van der Waals surface area contributed by atoms with E-state index in [2.05, 4.69) is 132 Å². The summed E-state index contributed by atoms with van der Waals surface area (Å²) in [5.41, 5.74) is 5.70. The minimum absolute atomic E-state index is 0.571. The number of aromatic nitrogens is 4. The normalized spacial score (nSPS) is 12.0. The van der Waals surface area contributed by atoms with Gasteiger partial charge in [0, 0.05) is 43.4 Å². The van der Waals surface area contributed by atoms with Crippen LogP contribution in [0.3, 0.4) is 0 Å². The molecule has 0 saturated carbocycles. The van der Waals surface area contributed by atoms with Crippen molar-refractivity contribution in [3.8, 4) is 28.7 Å². The zero-order valence-electron chi connectivity index (χ0n) is 26.7. The molecule has 0 aliphatic rings. The Bertz CT molecular complexity index is 3160. The van der Waals surface area contributed by atoms with Crippen molar-refractivity contribution >= 4 is 76.1 Å². The van der Waals surface area contributed by atoms with Crippen molar-refractivity contribution in [1.29, 1.82) is 0 Å². The summed E-state index contributed by atoms with van der Waals surface area (Å²) in [6.07, 6.45) is 0. The number of rotatable bonds is 3. The fourth-order valence-corrected chi connectivity index (χ4v) is 7.70. The molecule has 0 radical (unpaired) electrons. The fourth-order valence-electron chi connectivity index (χ4n) is 7.70. The Balaban J connectivity index is 1.30. The molecule has 0 bridgehead atoms. The molecule has 3 heterocycles. The van der Waals surface area contributed by atoms with Gasteiger partial charge in [0.2, 0.25) is 5.95 Å². The van der Waals surface area contributed by atoms with Crippen LogP contribution in [0.2, 0.25) is 0 Å². The van der Waals surface area contributed by atoms with Crippen molar-refractivity contribution in [2.24, 2.45) is 0 Å². The lowest BCUT2D eigenvalue weighted by atomic mass is 9.99. The van der Waals surface area contributed by atoms with Crippen LogP contribution < -0.4 is 0 Å². The molecule has 0 aliphatic carbocycles. The maximum Gasteiger partial charge on any atom is 0.238 e. The first-order chi connectivity index (χ1) is 24.8. The van der Waals surface area contributed by atoms with Crippen LogP contribution in [0, 0.1) is 0 Å². The SMILES string of the molecule is c1ccc(-c2nc(-c3cc4c5ccccc5oc4c4ccccc34)nc(-n3c4cc5ccccc5cc4c4ccc5ccccc5c43)n2)cc1. The summed E-state index contributed by atoms with van der Waals surface area (Å²) < 4.78 is 8.69. The second-order valence-corrected chi connectivity index (χ2v) is 12.8. The Morgan fingerprint density at radius 3 is 1.92 bits per heavy atom. The standard InChI is InChI=1S/C45H26N4O/c1-2-13-28(14-3-1)43-46-44(38-26-37-33-19-10-11-21-40(33)50-42(37)35-20-9-8-18-32(35)38)48-45(47-43)49-39-25-30-16-5-4-15-29(30)24-36(39)34-23-22-27-12-6-7-17-31(27)41(34)49/h1-26H. The van der Waals surface area contributed by atoms with E-state index in [0.29, 0.717) is 17.6 Å². The van der Waals surface area contributed by atoms with E-state index in [1.807, 2.05) is 30.3 Å². The maximum absolute atomic E-state index is 6.45. The zero-order valence-corrected chi connectivity index (χ0v) is 26.7. The Labute approximate surface area is 285 Å². The molecule has 0 unspecified atom stereocenters. The first-order valence-electron chi connectivity index (χ1n) is 16.8. The number of furan rings is 1. The summed E-state index contributed by atoms with van der Waals surface area (Å²) in [5, 5.41) is 11.1. The summed E-state index contributed by atoms with van der Waals surface area (Å²) in [5.74, 6) is 1.79. The molecule has 5 heteroatoms. The number of nitrogens with zero attached hydrogens (tertiary/aromatic N) is 4. The molecule has 8 aromatic carbocycles. The molecule has 0 saturated heterocycles. The molecule has 0 aliphatic heterocycles. The van der Waals surface area contributed by atoms with Crippen LogP contribution >= 0.6 is 0 Å². The van der Waals surface area contributed by atoms with Crippen LogP contribution in [0.5, 0.6) is 0 Å². The molecule has 5 nitrogen and oxygen atoms in total. The number of fused-ring (bicyclic) bond motifs is 11. The minimum atomic E-state index is 0.571. The highest BCUT2D eigenvalue weighted by Gasteiger charge is 2.22. The topological polar surface area (TPSA) is 56.7 Å². The van der Waals surface area contributed by atoms with Gasteiger partial charge in [-0.1, -0.05) is 133 Å². The fraction of sp³-hybridized carbons (Fsp3) is 0. The summed E-state index contributed by atoms with van der Waals surface area (Å²) in [6.45, 7) is 0. The van der Waals surface area contributed by atoms with E-state index in [9.17, 15) is 0 Å². The molecule has 0 fully saturated rings. The minimum Gasteiger partial charge on any atom is -0.455 e. The van der Waals surface area contributed by atoms with E-state index in [1.165, 1.54) is 5.39 Å². The Hall–Kier alpha value is -6.85. The highest BCUT2D eigenvalue weighted by atomic mass is 16.3. The second kappa shape index (κ2) is 10.3. The van der Waals surface area contributed by atoms with Gasteiger partial charge in [-0.2, -0.15) is 9.97 Å². The van der Waals surface area contributed by atoms with Gasteiger partial charge in [0.05, 0.1) is 11.0 Å². The average molecular weight is 639 g/mol. The Morgan fingerprint density at radius 2 is 1.08 bits per heavy atom. The lowest BCUT2D eigenvalue weighted by Crippen LogP contribution is -2.07. The second-order valence-electron chi connectivity index (χ2n) is 12.8. The third-order valence-electron chi connectivity index (χ3n) is 10.0. The van der Waals surface area contributed by atoms with Gasteiger partial charge < -0.3 is 4.42 Å². The quantitative estimate of drug-likeness (QED) is 0.193. The maximum atomic E-state index is 6.45. The molecule has 11 aromatic rings. The zero-order chi connectivity index (χ0) is 32.8. The number of para-hydroxylation sites is 1. The van der Waals surface area contributed by atoms with E-state index >= 15 is 0 Å². The van der Waals surface area contributed by atoms with Gasteiger partial charge in [0.15, 0.2) is 11.6 Å². The highest BCUT2D eigenvalue weighted by Crippen LogP contribution is 2.41. The van der Waals surface area contributed by atoms with Crippen molar-refractivity contribution in [1.82, 2.24) is 19.5 Å². The van der Waals surface area contributed by atoms with Gasteiger partial charge in [-0.15, -0.1) is 0 Å². The molecule has 11 rings (SSSR count). The molecule has 0 N–H and O–H groups in total. The van der Waals surface area contributed by atoms with Crippen LogP contribution in [-0.2, 0) is 0 Å². The van der Waals surface area contributed by atoms with Crippen LogP contribution in [-0.4, -0.2) is 19.5 Å². The van der Waals surface area contributed by atoms with Crippen molar-refractivity contribution < 1.29 is 4.42 Å². The molecule has 3 aromatic heterocycles. The summed E-state index contributed by atoms with van der Waals surface area (Å²) in [6, 6.07) is 55.0. The van der Waals surface area contributed by atoms with Gasteiger partial charge in [0.1, 0.15) is 11.2 Å². The first kappa shape index (κ1) is 27.1. The van der Waals surface area contributed by atoms with Crippen molar-refractivity contribution in [2.75, 3.05) is 0 Å². The Morgan fingerprint density at radius 1 is 0.420 bits per heavy atom. The predicted molar refractivity (Wildman–Crippen MR) is 205 cm³/mol. The number of benzene rings is 8. The van der Waals surface area contributed by atoms with Crippen molar-refractivity contribution in [3.05, 3.63) is 158 Å². The van der Waals surface area contributed by atoms with Crippen LogP contribution in [0.4, 0.5) is 0 Å². The predicted octanol–water partition coefficient (Wildman–Crippen LogP) is 11.7. The van der Waals surface area contributed by atoms with E-state index in [0.717, 1.165) is 81.8 Å². The smallest absolute Gasteiger partial charge is 0.238 e. The number of hydrogen-bond donors (Lipinski definition) is 0. The average Bonchev–Trinajstić information content (AvgIpc) is 3.72. The molecular formula is C45H26N4O. The highest BCUT2D eigenvalue weighted by molar-refractivity contribution is 6.21. The van der Waals surface area contributed by atoms with E-state index in [1.54, 1.807) is 0 Å². The van der Waals surface area contributed by atoms with Gasteiger partial charge in [-0.05, 0) is 45.8 Å². The summed E-state index contributed by atoms with van der Waals surface area (Å²) in [4.78, 5) is 15.9. The van der Waals surface area contributed by atoms with Crippen LogP contribution in [0.1, 0.15) is 0 Å². The largest absolute Gasteiger partial charge is 0.455 e. The van der Waals surface area contributed by atoms with Gasteiger partial charge in [-0.3, -0.25) is 4.57 Å². The van der Waals surface area contributed by atoms with Gasteiger partial charge in [0.25, 0.3) is 0 Å². The third-order valence-corrected chi connectivity index (χ3v) is 10.0. The lowest BCUT2D eigenvalue weighted by Gasteiger charge is -2.13. The van der Waals surface area contributed by atoms with E-state index in [-0.39, 0.29) is 0 Å². The van der Waals surface area contributed by atoms with Gasteiger partial charge >= 0.3 is 0 Å². The van der Waals surface area contributed by atoms with Crippen molar-refractivity contribution in [3.63, 3.8) is 0 Å². The van der Waals surface area contributed by atoms with Crippen molar-refractivity contribution in [2.45, 2.75) is 0 Å². The third kappa shape index (κ3) is 3.92. The van der Waals surface area contributed by atoms with Gasteiger partial charge in [-0.25, -0.2) is 4.98 Å². The molecule has 0 atom stereocenters. The van der Waals surface area contributed by atoms with E-state index in [4.69, 9.17) is 19.4 Å². The van der Waals surface area contributed by atoms with Crippen LogP contribution in [0.25, 0.3) is 105 Å². The summed E-state index contributed by atoms with van der Waals surface area (Å²) >= 11 is 0. The van der Waals surface area contributed by atoms with E-state index < -0.39 is 0 Å². The Kier molecular flexibility index (Phi) is 5.60. The van der Waals surface area contributed by atoms with Crippen LogP contribution in [0.15, 0.2) is 162 Å². The molecule has 0 spiro atoms. The molecule has 50 heavy (non-hydrogen) atoms. The molecular weight excluding hydrogens is 613 g/mol.